The molecule has 1 atom stereocenters. The number of nitrogens with zero attached hydrogens (tertiary/aromatic N) is 5. The van der Waals surface area contributed by atoms with Gasteiger partial charge in [-0.15, -0.1) is 0 Å². The highest BCUT2D eigenvalue weighted by molar-refractivity contribution is 5.64. The highest BCUT2D eigenvalue weighted by Crippen LogP contribution is 2.35. The molecule has 4 heterocycles. The monoisotopic (exact) mass is 417 g/mol. The average molecular weight is 417 g/mol. The number of hydrogen-bond donors (Lipinski definition) is 2. The van der Waals surface area contributed by atoms with E-state index in [1.807, 2.05) is 28.8 Å². The number of aromatic nitrogens is 4. The van der Waals surface area contributed by atoms with Crippen molar-refractivity contribution in [1.29, 1.82) is 5.26 Å². The van der Waals surface area contributed by atoms with Crippen molar-refractivity contribution in [3.8, 4) is 34.8 Å². The van der Waals surface area contributed by atoms with Crippen LogP contribution in [0.15, 0.2) is 36.7 Å². The van der Waals surface area contributed by atoms with Crippen molar-refractivity contribution in [2.75, 3.05) is 31.6 Å². The molecular weight excluding hydrogens is 394 g/mol. The van der Waals surface area contributed by atoms with Crippen LogP contribution in [0.2, 0.25) is 0 Å². The molecule has 1 aromatic carbocycles. The van der Waals surface area contributed by atoms with Crippen LogP contribution in [0.4, 0.5) is 5.95 Å². The van der Waals surface area contributed by atoms with Crippen molar-refractivity contribution in [3.05, 3.63) is 42.4 Å². The molecule has 1 fully saturated rings. The van der Waals surface area contributed by atoms with Gasteiger partial charge in [0.05, 0.1) is 24.4 Å². The third kappa shape index (κ3) is 4.02. The number of rotatable bonds is 5. The summed E-state index contributed by atoms with van der Waals surface area (Å²) in [6.45, 7) is 2.99. The minimum atomic E-state index is 0.219. The molecule has 5 rings (SSSR count). The Labute approximate surface area is 180 Å². The smallest absolute Gasteiger partial charge is 0.224 e. The van der Waals surface area contributed by atoms with Crippen LogP contribution >= 0.6 is 0 Å². The molecule has 0 radical (unpaired) electrons. The van der Waals surface area contributed by atoms with Gasteiger partial charge in [0.25, 0.3) is 0 Å². The number of hydrogen-bond acceptors (Lipinski definition) is 8. The maximum absolute atomic E-state index is 9.32. The Morgan fingerprint density at radius 3 is 2.94 bits per heavy atom. The number of ether oxygens (including phenoxy) is 2. The molecular formula is C22H23N7O2. The molecule has 1 unspecified atom stereocenters. The third-order valence-corrected chi connectivity index (χ3v) is 5.40. The lowest BCUT2D eigenvalue weighted by Gasteiger charge is -2.24. The largest absolute Gasteiger partial charge is 0.486 e. The third-order valence-electron chi connectivity index (χ3n) is 5.40. The van der Waals surface area contributed by atoms with Crippen molar-refractivity contribution >= 4 is 5.95 Å². The second-order valence-electron chi connectivity index (χ2n) is 7.53. The van der Waals surface area contributed by atoms with Crippen molar-refractivity contribution in [1.82, 2.24) is 24.8 Å². The fraction of sp³-hybridized carbons (Fsp3) is 0.364. The molecule has 9 nitrogen and oxygen atoms in total. The zero-order valence-corrected chi connectivity index (χ0v) is 17.0. The van der Waals surface area contributed by atoms with E-state index in [1.54, 1.807) is 12.4 Å². The summed E-state index contributed by atoms with van der Waals surface area (Å²) in [5, 5.41) is 16.1. The van der Waals surface area contributed by atoms with Crippen LogP contribution < -0.4 is 20.1 Å². The van der Waals surface area contributed by atoms with Gasteiger partial charge in [0.1, 0.15) is 24.9 Å². The maximum atomic E-state index is 9.32. The van der Waals surface area contributed by atoms with Crippen LogP contribution in [0.5, 0.6) is 11.5 Å². The lowest BCUT2D eigenvalue weighted by molar-refractivity contribution is 0.171. The van der Waals surface area contributed by atoms with Gasteiger partial charge in [0.2, 0.25) is 5.95 Å². The molecule has 1 saturated heterocycles. The minimum absolute atomic E-state index is 0.219. The minimum Gasteiger partial charge on any atom is -0.486 e. The molecule has 9 heteroatoms. The van der Waals surface area contributed by atoms with Crippen LogP contribution in [-0.4, -0.2) is 51.9 Å². The van der Waals surface area contributed by atoms with Crippen LogP contribution in [0.25, 0.3) is 17.2 Å². The van der Waals surface area contributed by atoms with E-state index in [-0.39, 0.29) is 6.42 Å². The van der Waals surface area contributed by atoms with E-state index >= 15 is 0 Å². The molecule has 0 amide bonds. The Hall–Kier alpha value is -3.64. The first-order valence-electron chi connectivity index (χ1n) is 10.5. The number of piperidine rings is 1. The number of fused-ring (bicyclic) bond motifs is 1. The Morgan fingerprint density at radius 1 is 1.19 bits per heavy atom. The Kier molecular flexibility index (Phi) is 5.37. The maximum Gasteiger partial charge on any atom is 0.224 e. The van der Waals surface area contributed by atoms with Gasteiger partial charge in [-0.05, 0) is 43.7 Å². The molecule has 2 aliphatic heterocycles. The zero-order valence-electron chi connectivity index (χ0n) is 17.0. The molecule has 31 heavy (non-hydrogen) atoms. The lowest BCUT2D eigenvalue weighted by atomic mass is 10.1. The summed E-state index contributed by atoms with van der Waals surface area (Å²) in [6.07, 6.45) is 5.87. The van der Waals surface area contributed by atoms with Gasteiger partial charge in [-0.3, -0.25) is 4.57 Å². The highest BCUT2D eigenvalue weighted by atomic mass is 16.6. The van der Waals surface area contributed by atoms with Gasteiger partial charge in [0, 0.05) is 24.3 Å². The van der Waals surface area contributed by atoms with Crippen LogP contribution in [0, 0.1) is 11.3 Å². The molecule has 2 aromatic heterocycles. The van der Waals surface area contributed by atoms with E-state index in [4.69, 9.17) is 14.5 Å². The summed E-state index contributed by atoms with van der Waals surface area (Å²) >= 11 is 0. The molecule has 0 spiro atoms. The van der Waals surface area contributed by atoms with Gasteiger partial charge in [-0.2, -0.15) is 10.2 Å². The number of nitriles is 1. The second kappa shape index (κ2) is 8.62. The fourth-order valence-electron chi connectivity index (χ4n) is 3.94. The van der Waals surface area contributed by atoms with Crippen LogP contribution in [-0.2, 0) is 6.42 Å². The van der Waals surface area contributed by atoms with E-state index in [0.29, 0.717) is 42.6 Å². The Morgan fingerprint density at radius 2 is 2.10 bits per heavy atom. The topological polar surface area (TPSA) is 110 Å². The van der Waals surface area contributed by atoms with Gasteiger partial charge >= 0.3 is 0 Å². The predicted molar refractivity (Wildman–Crippen MR) is 114 cm³/mol. The summed E-state index contributed by atoms with van der Waals surface area (Å²) in [4.78, 5) is 13.7. The van der Waals surface area contributed by atoms with Gasteiger partial charge in [0.15, 0.2) is 11.5 Å². The molecule has 0 saturated carbocycles. The quantitative estimate of drug-likeness (QED) is 0.651. The number of anilines is 1. The zero-order chi connectivity index (χ0) is 21.0. The number of nitrogens with one attached hydrogen (secondary N) is 2. The van der Waals surface area contributed by atoms with Crippen LogP contribution in [0.1, 0.15) is 18.5 Å². The summed E-state index contributed by atoms with van der Waals surface area (Å²) in [5.41, 5.74) is 1.62. The lowest BCUT2D eigenvalue weighted by Crippen LogP contribution is -2.38. The Balaban J connectivity index is 1.52. The summed E-state index contributed by atoms with van der Waals surface area (Å²) < 4.78 is 13.3. The number of benzene rings is 1. The molecule has 0 aliphatic carbocycles. The highest BCUT2D eigenvalue weighted by Gasteiger charge is 2.19. The molecule has 0 bridgehead atoms. The van der Waals surface area contributed by atoms with Gasteiger partial charge in [-0.1, -0.05) is 0 Å². The molecule has 2 N–H and O–H groups in total. The fourth-order valence-corrected chi connectivity index (χ4v) is 3.94. The first-order chi connectivity index (χ1) is 15.3. The van der Waals surface area contributed by atoms with E-state index in [2.05, 4.69) is 26.7 Å². The standard InChI is InChI=1S/C22H23N7O2/c23-7-5-17-14-26-21(15-3-4-18-19(12-15)31-11-10-30-18)29(17)20-6-9-25-22(28-20)27-16-2-1-8-24-13-16/h3-4,6,9,12,14,16,24H,1-2,5,8,10-11,13H2,(H,25,27,28). The molecule has 158 valence electrons. The number of imidazole rings is 1. The van der Waals surface area contributed by atoms with Gasteiger partial charge in [-0.25, -0.2) is 9.97 Å². The summed E-state index contributed by atoms with van der Waals surface area (Å²) in [5.74, 6) is 3.32. The second-order valence-corrected chi connectivity index (χ2v) is 7.53. The average Bonchev–Trinajstić information content (AvgIpc) is 3.23. The Bertz CT molecular complexity index is 1120. The van der Waals surface area contributed by atoms with Gasteiger partial charge < -0.3 is 20.1 Å². The molecule has 3 aromatic rings. The normalized spacial score (nSPS) is 17.7. The van der Waals surface area contributed by atoms with E-state index in [9.17, 15) is 5.26 Å². The van der Waals surface area contributed by atoms with Crippen molar-refractivity contribution in [2.45, 2.75) is 25.3 Å². The molecule has 2 aliphatic rings. The first-order valence-corrected chi connectivity index (χ1v) is 10.5. The van der Waals surface area contributed by atoms with E-state index in [1.165, 1.54) is 0 Å². The summed E-state index contributed by atoms with van der Waals surface area (Å²) in [6, 6.07) is 10.1. The van der Waals surface area contributed by atoms with E-state index < -0.39 is 0 Å². The van der Waals surface area contributed by atoms with Crippen LogP contribution in [0.3, 0.4) is 0 Å². The summed E-state index contributed by atoms with van der Waals surface area (Å²) in [7, 11) is 0. The van der Waals surface area contributed by atoms with Crippen molar-refractivity contribution in [2.24, 2.45) is 0 Å². The van der Waals surface area contributed by atoms with Crippen molar-refractivity contribution < 1.29 is 9.47 Å². The predicted octanol–water partition coefficient (Wildman–Crippen LogP) is 2.33. The van der Waals surface area contributed by atoms with Crippen molar-refractivity contribution in [3.63, 3.8) is 0 Å². The SMILES string of the molecule is N#CCc1cnc(-c2ccc3c(c2)OCCO3)n1-c1ccnc(NC2CCCNC2)n1. The van der Waals surface area contributed by atoms with E-state index in [0.717, 1.165) is 42.9 Å². The first kappa shape index (κ1) is 19.3.